The maximum Gasteiger partial charge on any atom is 0.272 e. The number of hydrogen-bond acceptors (Lipinski definition) is 3. The molecule has 0 aliphatic rings. The van der Waals surface area contributed by atoms with E-state index in [9.17, 15) is 8.42 Å². The fourth-order valence-corrected chi connectivity index (χ4v) is 4.02. The topological polar surface area (TPSA) is 47.8 Å². The van der Waals surface area contributed by atoms with Gasteiger partial charge >= 0.3 is 0 Å². The van der Waals surface area contributed by atoms with Crippen LogP contribution in [0.3, 0.4) is 0 Å². The first-order valence-electron chi connectivity index (χ1n) is 10.6. The van der Waals surface area contributed by atoms with E-state index in [4.69, 9.17) is 4.18 Å². The van der Waals surface area contributed by atoms with Crippen LogP contribution >= 0.6 is 0 Å². The van der Waals surface area contributed by atoms with Gasteiger partial charge in [0.25, 0.3) is 10.1 Å². The Morgan fingerprint density at radius 2 is 1.08 bits per heavy atom. The molecule has 0 saturated carbocycles. The molecule has 0 aliphatic carbocycles. The van der Waals surface area contributed by atoms with Crippen molar-refractivity contribution >= 4 is 10.1 Å². The lowest BCUT2D eigenvalue weighted by Crippen LogP contribution is -3.06. The SMILES string of the molecule is CCCCCCCCCCCCCCCCOS(=O)(=O)CC[NH+](C)C.[I-]. The molecule has 0 radical (unpaired) electrons. The second-order valence-corrected chi connectivity index (χ2v) is 9.40. The highest BCUT2D eigenvalue weighted by Crippen LogP contribution is 2.13. The average Bonchev–Trinajstić information content (AvgIpc) is 2.56. The van der Waals surface area contributed by atoms with Crippen LogP contribution in [0.25, 0.3) is 0 Å². The first-order chi connectivity index (χ1) is 12.0. The Bertz CT molecular complexity index is 375. The van der Waals surface area contributed by atoms with E-state index in [1.807, 2.05) is 14.1 Å². The van der Waals surface area contributed by atoms with Gasteiger partial charge in [-0.3, -0.25) is 4.18 Å². The van der Waals surface area contributed by atoms with E-state index < -0.39 is 10.1 Å². The van der Waals surface area contributed by atoms with E-state index in [1.165, 1.54) is 77.0 Å². The van der Waals surface area contributed by atoms with Crippen LogP contribution in [0.2, 0.25) is 0 Å². The minimum atomic E-state index is -3.32. The first-order valence-corrected chi connectivity index (χ1v) is 12.2. The summed E-state index contributed by atoms with van der Waals surface area (Å²) in [5.74, 6) is 0.119. The third kappa shape index (κ3) is 22.6. The standard InChI is InChI=1S/C20H43NO3S.HI/c1-4-5-6-7-8-9-10-11-12-13-14-15-16-17-19-24-25(22,23)20-18-21(2)3;/h4-20H2,1-3H3;1H. The smallest absolute Gasteiger partial charge is 0.272 e. The maximum absolute atomic E-state index is 11.6. The molecule has 0 aliphatic heterocycles. The summed E-state index contributed by atoms with van der Waals surface area (Å²) in [7, 11) is 0.580. The van der Waals surface area contributed by atoms with Crippen molar-refractivity contribution in [3.8, 4) is 0 Å². The molecule has 0 spiro atoms. The molecule has 0 aromatic carbocycles. The quantitative estimate of drug-likeness (QED) is 0.162. The van der Waals surface area contributed by atoms with Gasteiger partial charge in [0.05, 0.1) is 27.2 Å². The summed E-state index contributed by atoms with van der Waals surface area (Å²) in [6.45, 7) is 3.21. The molecule has 0 saturated heterocycles. The minimum absolute atomic E-state index is 0. The van der Waals surface area contributed by atoms with E-state index in [2.05, 4.69) is 6.92 Å². The third-order valence-electron chi connectivity index (χ3n) is 4.61. The van der Waals surface area contributed by atoms with Crippen LogP contribution in [-0.4, -0.2) is 41.4 Å². The van der Waals surface area contributed by atoms with Crippen LogP contribution < -0.4 is 28.9 Å². The summed E-state index contributed by atoms with van der Waals surface area (Å²) in [5, 5.41) is 0. The summed E-state index contributed by atoms with van der Waals surface area (Å²) >= 11 is 0. The number of rotatable bonds is 19. The molecule has 6 heteroatoms. The van der Waals surface area contributed by atoms with Crippen LogP contribution in [-0.2, 0) is 14.3 Å². The number of quaternary nitrogens is 1. The molecule has 0 aromatic rings. The summed E-state index contributed by atoms with van der Waals surface area (Å²) in [5.41, 5.74) is 0. The number of unbranched alkanes of at least 4 members (excludes halogenated alkanes) is 13. The van der Waals surface area contributed by atoms with Crippen LogP contribution in [0.15, 0.2) is 0 Å². The Balaban J connectivity index is 0. The largest absolute Gasteiger partial charge is 1.00 e. The van der Waals surface area contributed by atoms with E-state index in [1.54, 1.807) is 0 Å². The molecule has 0 fully saturated rings. The Labute approximate surface area is 181 Å². The van der Waals surface area contributed by atoms with Crippen molar-refractivity contribution in [2.75, 3.05) is 33.0 Å². The van der Waals surface area contributed by atoms with Crippen molar-refractivity contribution in [3.05, 3.63) is 0 Å². The zero-order valence-corrected chi connectivity index (χ0v) is 20.5. The van der Waals surface area contributed by atoms with Crippen LogP contribution in [0.5, 0.6) is 0 Å². The molecule has 0 aromatic heterocycles. The highest BCUT2D eigenvalue weighted by molar-refractivity contribution is 7.86. The Hall–Kier alpha value is 0.600. The van der Waals surface area contributed by atoms with Crippen molar-refractivity contribution in [1.82, 2.24) is 0 Å². The van der Waals surface area contributed by atoms with Gasteiger partial charge in [-0.05, 0) is 6.42 Å². The highest BCUT2D eigenvalue weighted by atomic mass is 127. The Kier molecular flexibility index (Phi) is 22.5. The second kappa shape index (κ2) is 20.3. The normalized spacial score (nSPS) is 11.7. The molecule has 0 heterocycles. The van der Waals surface area contributed by atoms with Gasteiger partial charge in [-0.25, -0.2) is 0 Å². The molecule has 0 atom stereocenters. The summed E-state index contributed by atoms with van der Waals surface area (Å²) in [4.78, 5) is 1.13. The second-order valence-electron chi connectivity index (χ2n) is 7.64. The zero-order chi connectivity index (χ0) is 18.8. The molecular weight excluding hydrogens is 461 g/mol. The first kappa shape index (κ1) is 28.8. The molecule has 0 rings (SSSR count). The van der Waals surface area contributed by atoms with Gasteiger partial charge in [-0.1, -0.05) is 90.4 Å². The van der Waals surface area contributed by atoms with Crippen LogP contribution in [0, 0.1) is 0 Å². The predicted molar refractivity (Wildman–Crippen MR) is 108 cm³/mol. The highest BCUT2D eigenvalue weighted by Gasteiger charge is 2.12. The molecule has 1 N–H and O–H groups in total. The lowest BCUT2D eigenvalue weighted by molar-refractivity contribution is -0.855. The molecule has 0 amide bonds. The van der Waals surface area contributed by atoms with Gasteiger partial charge < -0.3 is 28.9 Å². The summed E-state index contributed by atoms with van der Waals surface area (Å²) < 4.78 is 28.3. The fourth-order valence-electron chi connectivity index (χ4n) is 2.87. The van der Waals surface area contributed by atoms with E-state index in [-0.39, 0.29) is 29.7 Å². The van der Waals surface area contributed by atoms with Crippen LogP contribution in [0.1, 0.15) is 96.8 Å². The zero-order valence-electron chi connectivity index (χ0n) is 17.5. The maximum atomic E-state index is 11.6. The molecular formula is C20H44INO3S. The molecule has 26 heavy (non-hydrogen) atoms. The van der Waals surface area contributed by atoms with E-state index in [0.29, 0.717) is 13.2 Å². The van der Waals surface area contributed by atoms with Crippen molar-refractivity contribution in [2.24, 2.45) is 0 Å². The molecule has 0 unspecified atom stereocenters. The van der Waals surface area contributed by atoms with Gasteiger partial charge in [0, 0.05) is 0 Å². The molecule has 4 nitrogen and oxygen atoms in total. The lowest BCUT2D eigenvalue weighted by atomic mass is 10.0. The summed E-state index contributed by atoms with van der Waals surface area (Å²) in [6, 6.07) is 0. The number of nitrogens with one attached hydrogen (secondary N) is 1. The van der Waals surface area contributed by atoms with Gasteiger partial charge in [0.2, 0.25) is 0 Å². The van der Waals surface area contributed by atoms with E-state index >= 15 is 0 Å². The fraction of sp³-hybridized carbons (Fsp3) is 1.00. The average molecular weight is 506 g/mol. The minimum Gasteiger partial charge on any atom is -1.00 e. The van der Waals surface area contributed by atoms with E-state index in [0.717, 1.165) is 17.7 Å². The van der Waals surface area contributed by atoms with Crippen molar-refractivity contribution in [2.45, 2.75) is 96.8 Å². The summed E-state index contributed by atoms with van der Waals surface area (Å²) in [6.07, 6.45) is 18.2. The van der Waals surface area contributed by atoms with Gasteiger partial charge in [0.15, 0.2) is 0 Å². The lowest BCUT2D eigenvalue weighted by Gasteiger charge is -2.08. The van der Waals surface area contributed by atoms with Crippen molar-refractivity contribution in [1.29, 1.82) is 0 Å². The van der Waals surface area contributed by atoms with Crippen molar-refractivity contribution in [3.63, 3.8) is 0 Å². The Morgan fingerprint density at radius 3 is 1.46 bits per heavy atom. The van der Waals surface area contributed by atoms with Crippen LogP contribution in [0.4, 0.5) is 0 Å². The van der Waals surface area contributed by atoms with Gasteiger partial charge in [0.1, 0.15) is 5.75 Å². The molecule has 160 valence electrons. The monoisotopic (exact) mass is 505 g/mol. The third-order valence-corrected chi connectivity index (χ3v) is 5.84. The van der Waals surface area contributed by atoms with Gasteiger partial charge in [-0.15, -0.1) is 0 Å². The Morgan fingerprint density at radius 1 is 0.692 bits per heavy atom. The number of hydrogen-bond donors (Lipinski definition) is 1. The number of halogens is 1. The van der Waals surface area contributed by atoms with Crippen molar-refractivity contribution < 1.29 is 41.5 Å². The predicted octanol–water partition coefficient (Wildman–Crippen LogP) is 0.963. The molecule has 0 bridgehead atoms. The van der Waals surface area contributed by atoms with Gasteiger partial charge in [-0.2, -0.15) is 8.42 Å².